The van der Waals surface area contributed by atoms with Crippen LogP contribution >= 0.6 is 0 Å². The molecule has 2 aromatic rings. The number of nitrogens with zero attached hydrogens (tertiary/aromatic N) is 2. The number of anilines is 1. The summed E-state index contributed by atoms with van der Waals surface area (Å²) >= 11 is 0. The molecule has 2 aromatic carbocycles. The molecule has 1 saturated heterocycles. The zero-order valence-corrected chi connectivity index (χ0v) is 16.1. The fourth-order valence-electron chi connectivity index (χ4n) is 4.89. The van der Waals surface area contributed by atoms with Crippen LogP contribution in [0.3, 0.4) is 0 Å². The molecule has 0 radical (unpaired) electrons. The highest BCUT2D eigenvalue weighted by Gasteiger charge is 2.47. The van der Waals surface area contributed by atoms with Crippen molar-refractivity contribution in [2.75, 3.05) is 31.1 Å². The molecule has 1 saturated carbocycles. The van der Waals surface area contributed by atoms with Crippen LogP contribution in [0.25, 0.3) is 0 Å². The Kier molecular flexibility index (Phi) is 4.42. The van der Waals surface area contributed by atoms with Crippen molar-refractivity contribution < 1.29 is 18.0 Å². The first-order valence-electron chi connectivity index (χ1n) is 10.2. The predicted molar refractivity (Wildman–Crippen MR) is 105 cm³/mol. The van der Waals surface area contributed by atoms with E-state index in [9.17, 15) is 18.0 Å². The number of amides is 1. The van der Waals surface area contributed by atoms with Gasteiger partial charge in [-0.1, -0.05) is 0 Å². The van der Waals surface area contributed by atoms with Gasteiger partial charge in [0.2, 0.25) is 0 Å². The summed E-state index contributed by atoms with van der Waals surface area (Å²) in [6, 6.07) is 7.32. The Labute approximate surface area is 168 Å². The van der Waals surface area contributed by atoms with Crippen LogP contribution in [0.2, 0.25) is 0 Å². The minimum atomic E-state index is -0.750. The number of carbonyl (C=O) groups is 1. The topological polar surface area (TPSA) is 23.6 Å². The zero-order valence-electron chi connectivity index (χ0n) is 16.1. The highest BCUT2D eigenvalue weighted by atomic mass is 19.1. The molecule has 3 nitrogen and oxygen atoms in total. The molecule has 2 fully saturated rings. The van der Waals surface area contributed by atoms with Crippen LogP contribution in [0.4, 0.5) is 18.9 Å². The molecule has 1 spiro atoms. The molecule has 0 aromatic heterocycles. The van der Waals surface area contributed by atoms with Crippen molar-refractivity contribution >= 4 is 11.6 Å². The summed E-state index contributed by atoms with van der Waals surface area (Å²) in [6.45, 7) is 3.30. The Balaban J connectivity index is 1.46. The highest BCUT2D eigenvalue weighted by molar-refractivity contribution is 6.08. The largest absolute Gasteiger partial charge is 0.307 e. The molecule has 0 atom stereocenters. The van der Waals surface area contributed by atoms with Crippen LogP contribution in [0.5, 0.6) is 0 Å². The second kappa shape index (κ2) is 6.87. The van der Waals surface area contributed by atoms with E-state index in [-0.39, 0.29) is 16.8 Å². The number of carbonyl (C=O) groups excluding carboxylic acids is 1. The van der Waals surface area contributed by atoms with E-state index in [2.05, 4.69) is 4.90 Å². The first kappa shape index (κ1) is 18.7. The van der Waals surface area contributed by atoms with Gasteiger partial charge in [-0.3, -0.25) is 4.79 Å². The average molecular weight is 400 g/mol. The predicted octanol–water partition coefficient (Wildman–Crippen LogP) is 4.51. The number of fused-ring (bicyclic) bond motifs is 2. The van der Waals surface area contributed by atoms with Crippen molar-refractivity contribution in [3.63, 3.8) is 0 Å². The lowest BCUT2D eigenvalue weighted by Gasteiger charge is -2.40. The number of rotatable bonds is 3. The van der Waals surface area contributed by atoms with Crippen molar-refractivity contribution in [3.8, 4) is 0 Å². The Morgan fingerprint density at radius 3 is 2.41 bits per heavy atom. The number of hydrogen-bond donors (Lipinski definition) is 0. The Morgan fingerprint density at radius 2 is 1.69 bits per heavy atom. The van der Waals surface area contributed by atoms with Gasteiger partial charge >= 0.3 is 0 Å². The summed E-state index contributed by atoms with van der Waals surface area (Å²) in [5, 5.41) is 0. The smallest absolute Gasteiger partial charge is 0.261 e. The molecule has 3 aliphatic rings. The summed E-state index contributed by atoms with van der Waals surface area (Å²) < 4.78 is 42.0. The first-order chi connectivity index (χ1) is 13.9. The number of likely N-dealkylation sites (tertiary alicyclic amines) is 1. The van der Waals surface area contributed by atoms with Gasteiger partial charge in [-0.2, -0.15) is 0 Å². The summed E-state index contributed by atoms with van der Waals surface area (Å²) in [6.07, 6.45) is 4.26. The van der Waals surface area contributed by atoms with E-state index in [4.69, 9.17) is 0 Å². The molecule has 6 heteroatoms. The maximum Gasteiger partial charge on any atom is 0.261 e. The summed E-state index contributed by atoms with van der Waals surface area (Å²) in [7, 11) is 0. The van der Waals surface area contributed by atoms with Gasteiger partial charge in [-0.15, -0.1) is 0 Å². The summed E-state index contributed by atoms with van der Waals surface area (Å²) in [5.41, 5.74) is 0.796. The lowest BCUT2D eigenvalue weighted by molar-refractivity contribution is 0.0971. The number of halogens is 3. The van der Waals surface area contributed by atoms with E-state index >= 15 is 0 Å². The van der Waals surface area contributed by atoms with Crippen LogP contribution in [-0.2, 0) is 5.41 Å². The third-order valence-electron chi connectivity index (χ3n) is 6.71. The fourth-order valence-corrected chi connectivity index (χ4v) is 4.89. The maximum absolute atomic E-state index is 14.2. The van der Waals surface area contributed by atoms with E-state index in [0.29, 0.717) is 12.2 Å². The molecule has 1 aliphatic carbocycles. The molecule has 2 heterocycles. The summed E-state index contributed by atoms with van der Waals surface area (Å²) in [5.74, 6) is -1.51. The molecule has 0 bridgehead atoms. The molecule has 5 rings (SSSR count). The minimum absolute atomic E-state index is 0.288. The zero-order chi connectivity index (χ0) is 20.2. The molecule has 1 amide bonds. The standard InChI is InChI=1S/C23H23F3N2O/c24-16-3-5-20(26)18(11-16)22(29)28-14-23(19-12-17(25)4-6-21(19)28)7-9-27(10-8-23)13-15-1-2-15/h3-6,11-12,15H,1-2,7-10,13-14H2. The summed E-state index contributed by atoms with van der Waals surface area (Å²) in [4.78, 5) is 17.1. The molecular formula is C23H23F3N2O. The Morgan fingerprint density at radius 1 is 1.00 bits per heavy atom. The molecule has 2 aliphatic heterocycles. The second-order valence-corrected chi connectivity index (χ2v) is 8.70. The van der Waals surface area contributed by atoms with Gasteiger partial charge < -0.3 is 9.80 Å². The third kappa shape index (κ3) is 3.33. The van der Waals surface area contributed by atoms with E-state index in [1.807, 2.05) is 0 Å². The van der Waals surface area contributed by atoms with E-state index in [0.717, 1.165) is 62.2 Å². The van der Waals surface area contributed by atoms with Gasteiger partial charge in [0.15, 0.2) is 0 Å². The molecule has 152 valence electrons. The lowest BCUT2D eigenvalue weighted by Crippen LogP contribution is -2.46. The lowest BCUT2D eigenvalue weighted by atomic mass is 9.74. The average Bonchev–Trinajstić information content (AvgIpc) is 3.48. The van der Waals surface area contributed by atoms with Crippen molar-refractivity contribution in [1.82, 2.24) is 4.90 Å². The van der Waals surface area contributed by atoms with Crippen molar-refractivity contribution in [2.45, 2.75) is 31.1 Å². The van der Waals surface area contributed by atoms with Gasteiger partial charge in [-0.05, 0) is 86.7 Å². The number of hydrogen-bond acceptors (Lipinski definition) is 2. The van der Waals surface area contributed by atoms with E-state index in [1.165, 1.54) is 29.9 Å². The van der Waals surface area contributed by atoms with Crippen LogP contribution in [-0.4, -0.2) is 37.0 Å². The van der Waals surface area contributed by atoms with Gasteiger partial charge in [0, 0.05) is 24.2 Å². The molecule has 0 N–H and O–H groups in total. The number of piperidine rings is 1. The molecule has 29 heavy (non-hydrogen) atoms. The van der Waals surface area contributed by atoms with Crippen LogP contribution in [0.15, 0.2) is 36.4 Å². The van der Waals surface area contributed by atoms with Crippen LogP contribution < -0.4 is 4.90 Å². The van der Waals surface area contributed by atoms with Gasteiger partial charge in [0.25, 0.3) is 5.91 Å². The molecule has 0 unspecified atom stereocenters. The maximum atomic E-state index is 14.2. The Bertz CT molecular complexity index is 965. The quantitative estimate of drug-likeness (QED) is 0.757. The second-order valence-electron chi connectivity index (χ2n) is 8.70. The van der Waals surface area contributed by atoms with Gasteiger partial charge in [0.05, 0.1) is 5.56 Å². The SMILES string of the molecule is O=C(c1cc(F)ccc1F)N1CC2(CCN(CC3CC3)CC2)c2cc(F)ccc21. The van der Waals surface area contributed by atoms with E-state index < -0.39 is 17.5 Å². The number of benzene rings is 2. The monoisotopic (exact) mass is 400 g/mol. The van der Waals surface area contributed by atoms with Crippen molar-refractivity contribution in [1.29, 1.82) is 0 Å². The van der Waals surface area contributed by atoms with E-state index in [1.54, 1.807) is 6.07 Å². The van der Waals surface area contributed by atoms with Crippen LogP contribution in [0.1, 0.15) is 41.6 Å². The fraction of sp³-hybridized carbons (Fsp3) is 0.435. The first-order valence-corrected chi connectivity index (χ1v) is 10.2. The highest BCUT2D eigenvalue weighted by Crippen LogP contribution is 2.48. The normalized spacial score (nSPS) is 20.9. The van der Waals surface area contributed by atoms with Gasteiger partial charge in [0.1, 0.15) is 17.5 Å². The minimum Gasteiger partial charge on any atom is -0.307 e. The van der Waals surface area contributed by atoms with Crippen molar-refractivity contribution in [3.05, 3.63) is 65.0 Å². The van der Waals surface area contributed by atoms with Crippen LogP contribution in [0, 0.1) is 23.4 Å². The van der Waals surface area contributed by atoms with Crippen molar-refractivity contribution in [2.24, 2.45) is 5.92 Å². The third-order valence-corrected chi connectivity index (χ3v) is 6.71. The van der Waals surface area contributed by atoms with Gasteiger partial charge in [-0.25, -0.2) is 13.2 Å². The molecular weight excluding hydrogens is 377 g/mol. The Hall–Kier alpha value is -2.34.